The molecule has 31 heavy (non-hydrogen) atoms. The molecule has 6 nitrogen and oxygen atoms in total. The average molecular weight is 437 g/mol. The number of hydrogen-bond acceptors (Lipinski definition) is 6. The van der Waals surface area contributed by atoms with Gasteiger partial charge in [0.1, 0.15) is 10.8 Å². The minimum absolute atomic E-state index is 0.0242. The number of aromatic nitrogens is 3. The Hall–Kier alpha value is -3.13. The highest BCUT2D eigenvalue weighted by Crippen LogP contribution is 2.36. The van der Waals surface area contributed by atoms with Gasteiger partial charge in [-0.05, 0) is 55.7 Å². The summed E-state index contributed by atoms with van der Waals surface area (Å²) in [6, 6.07) is 14.0. The molecule has 4 aromatic rings. The highest BCUT2D eigenvalue weighted by molar-refractivity contribution is 7.18. The molecular formula is C23H21FN4O2S. The normalized spacial score (nSPS) is 16.7. The third-order valence-electron chi connectivity index (χ3n) is 5.54. The zero-order valence-electron chi connectivity index (χ0n) is 16.8. The average Bonchev–Trinajstić information content (AvgIpc) is 3.45. The molecule has 0 aliphatic carbocycles. The Bertz CT molecular complexity index is 1170. The molecule has 0 radical (unpaired) electrons. The van der Waals surface area contributed by atoms with E-state index in [0.29, 0.717) is 30.1 Å². The SMILES string of the molecule is O=C(CCc1nc(-c2ccc(F)cc2)no1)N1CCCC[C@@H]1c1nc2ccccc2s1. The summed E-state index contributed by atoms with van der Waals surface area (Å²) < 4.78 is 19.5. The Balaban J connectivity index is 1.27. The van der Waals surface area contributed by atoms with Crippen LogP contribution in [-0.4, -0.2) is 32.5 Å². The van der Waals surface area contributed by atoms with Gasteiger partial charge in [0.2, 0.25) is 17.6 Å². The van der Waals surface area contributed by atoms with E-state index in [-0.39, 0.29) is 17.8 Å². The molecule has 1 aliphatic rings. The Kier molecular flexibility index (Phi) is 5.46. The van der Waals surface area contributed by atoms with Crippen LogP contribution in [0.4, 0.5) is 4.39 Å². The fourth-order valence-electron chi connectivity index (χ4n) is 3.95. The van der Waals surface area contributed by atoms with Crippen LogP contribution in [0.1, 0.15) is 42.6 Å². The Morgan fingerprint density at radius 3 is 2.81 bits per heavy atom. The van der Waals surface area contributed by atoms with Crippen LogP contribution in [0.3, 0.4) is 0 Å². The van der Waals surface area contributed by atoms with Crippen molar-refractivity contribution in [3.05, 3.63) is 65.2 Å². The lowest BCUT2D eigenvalue weighted by Gasteiger charge is -2.34. The summed E-state index contributed by atoms with van der Waals surface area (Å²) in [7, 11) is 0. The van der Waals surface area contributed by atoms with E-state index in [2.05, 4.69) is 16.2 Å². The predicted octanol–water partition coefficient (Wildman–Crippen LogP) is 5.17. The van der Waals surface area contributed by atoms with Crippen LogP contribution in [0.25, 0.3) is 21.6 Å². The van der Waals surface area contributed by atoms with Crippen molar-refractivity contribution in [2.24, 2.45) is 0 Å². The number of likely N-dealkylation sites (tertiary alicyclic amines) is 1. The zero-order chi connectivity index (χ0) is 21.2. The molecule has 0 spiro atoms. The first-order chi connectivity index (χ1) is 15.2. The summed E-state index contributed by atoms with van der Waals surface area (Å²) in [5.41, 5.74) is 1.66. The minimum atomic E-state index is -0.317. The minimum Gasteiger partial charge on any atom is -0.339 e. The van der Waals surface area contributed by atoms with Crippen LogP contribution in [0.2, 0.25) is 0 Å². The smallest absolute Gasteiger partial charge is 0.227 e. The number of para-hydroxylation sites is 1. The monoisotopic (exact) mass is 436 g/mol. The topological polar surface area (TPSA) is 72.1 Å². The van der Waals surface area contributed by atoms with Gasteiger partial charge < -0.3 is 9.42 Å². The number of amides is 1. The van der Waals surface area contributed by atoms with Crippen molar-refractivity contribution in [1.82, 2.24) is 20.0 Å². The van der Waals surface area contributed by atoms with E-state index >= 15 is 0 Å². The van der Waals surface area contributed by atoms with Gasteiger partial charge in [0, 0.05) is 24.9 Å². The van der Waals surface area contributed by atoms with Gasteiger partial charge in [0.25, 0.3) is 0 Å². The third-order valence-corrected chi connectivity index (χ3v) is 6.68. The number of nitrogens with zero attached hydrogens (tertiary/aromatic N) is 4. The lowest BCUT2D eigenvalue weighted by atomic mass is 10.0. The number of halogens is 1. The molecule has 3 heterocycles. The Labute approximate surface area is 182 Å². The second-order valence-electron chi connectivity index (χ2n) is 7.64. The number of hydrogen-bond donors (Lipinski definition) is 0. The Morgan fingerprint density at radius 2 is 1.97 bits per heavy atom. The molecule has 0 N–H and O–H groups in total. The molecule has 1 atom stereocenters. The number of thiazole rings is 1. The van der Waals surface area contributed by atoms with Gasteiger partial charge in [0.05, 0.1) is 16.3 Å². The molecule has 0 unspecified atom stereocenters. The summed E-state index contributed by atoms with van der Waals surface area (Å²) in [6.45, 7) is 0.740. The van der Waals surface area contributed by atoms with E-state index < -0.39 is 0 Å². The fourth-order valence-corrected chi connectivity index (χ4v) is 5.06. The quantitative estimate of drug-likeness (QED) is 0.431. The summed E-state index contributed by atoms with van der Waals surface area (Å²) in [6.07, 6.45) is 3.70. The van der Waals surface area contributed by atoms with E-state index in [0.717, 1.165) is 41.0 Å². The molecule has 1 fully saturated rings. The van der Waals surface area contributed by atoms with E-state index in [1.54, 1.807) is 23.5 Å². The van der Waals surface area contributed by atoms with Gasteiger partial charge in [0.15, 0.2) is 0 Å². The number of piperidine rings is 1. The molecule has 1 aliphatic heterocycles. The van der Waals surface area contributed by atoms with Crippen LogP contribution < -0.4 is 0 Å². The highest BCUT2D eigenvalue weighted by Gasteiger charge is 2.30. The number of benzene rings is 2. The molecule has 2 aromatic heterocycles. The Morgan fingerprint density at radius 1 is 1.13 bits per heavy atom. The van der Waals surface area contributed by atoms with E-state index in [4.69, 9.17) is 9.51 Å². The summed E-state index contributed by atoms with van der Waals surface area (Å²) in [5, 5.41) is 4.96. The molecule has 1 saturated heterocycles. The first-order valence-corrected chi connectivity index (χ1v) is 11.2. The zero-order valence-corrected chi connectivity index (χ0v) is 17.6. The van der Waals surface area contributed by atoms with Gasteiger partial charge in [-0.3, -0.25) is 4.79 Å². The molecule has 5 rings (SSSR count). The van der Waals surface area contributed by atoms with Crippen LogP contribution >= 0.6 is 11.3 Å². The first-order valence-electron chi connectivity index (χ1n) is 10.4. The van der Waals surface area contributed by atoms with E-state index in [1.165, 1.54) is 12.1 Å². The van der Waals surface area contributed by atoms with Gasteiger partial charge >= 0.3 is 0 Å². The van der Waals surface area contributed by atoms with Crippen molar-refractivity contribution in [2.75, 3.05) is 6.54 Å². The molecule has 0 bridgehead atoms. The molecule has 8 heteroatoms. The van der Waals surface area contributed by atoms with Gasteiger partial charge in [-0.15, -0.1) is 11.3 Å². The fraction of sp³-hybridized carbons (Fsp3) is 0.304. The standard InChI is InChI=1S/C23H21FN4O2S/c24-16-10-8-15(9-11-16)22-26-20(30-27-22)12-13-21(29)28-14-4-3-6-18(28)23-25-17-5-1-2-7-19(17)31-23/h1-2,5,7-11,18H,3-4,6,12-14H2/t18-/m1/s1. The van der Waals surface area contributed by atoms with Crippen LogP contribution in [0.5, 0.6) is 0 Å². The number of rotatable bonds is 5. The van der Waals surface area contributed by atoms with Crippen molar-refractivity contribution in [1.29, 1.82) is 0 Å². The van der Waals surface area contributed by atoms with Crippen LogP contribution in [0.15, 0.2) is 53.1 Å². The highest BCUT2D eigenvalue weighted by atomic mass is 32.1. The van der Waals surface area contributed by atoms with Crippen molar-refractivity contribution in [2.45, 2.75) is 38.1 Å². The van der Waals surface area contributed by atoms with Gasteiger partial charge in [-0.2, -0.15) is 4.98 Å². The van der Waals surface area contributed by atoms with Gasteiger partial charge in [-0.25, -0.2) is 9.37 Å². The summed E-state index contributed by atoms with van der Waals surface area (Å²) in [4.78, 5) is 24.2. The number of aryl methyl sites for hydroxylation is 1. The summed E-state index contributed by atoms with van der Waals surface area (Å²) in [5.74, 6) is 0.557. The van der Waals surface area contributed by atoms with Crippen LogP contribution in [-0.2, 0) is 11.2 Å². The molecule has 158 valence electrons. The van der Waals surface area contributed by atoms with Crippen molar-refractivity contribution < 1.29 is 13.7 Å². The van der Waals surface area contributed by atoms with Crippen molar-refractivity contribution in [3.63, 3.8) is 0 Å². The number of fused-ring (bicyclic) bond motifs is 1. The lowest BCUT2D eigenvalue weighted by molar-refractivity contribution is -0.135. The number of carbonyl (C=O) groups excluding carboxylic acids is 1. The largest absolute Gasteiger partial charge is 0.339 e. The maximum atomic E-state index is 13.1. The lowest BCUT2D eigenvalue weighted by Crippen LogP contribution is -2.38. The number of carbonyl (C=O) groups is 1. The maximum absolute atomic E-state index is 13.1. The first kappa shape index (κ1) is 19.8. The summed E-state index contributed by atoms with van der Waals surface area (Å²) >= 11 is 1.67. The van der Waals surface area contributed by atoms with Crippen LogP contribution in [0, 0.1) is 5.82 Å². The third kappa shape index (κ3) is 4.20. The molecule has 0 saturated carbocycles. The molecular weight excluding hydrogens is 415 g/mol. The van der Waals surface area contributed by atoms with Gasteiger partial charge in [-0.1, -0.05) is 17.3 Å². The molecule has 1 amide bonds. The predicted molar refractivity (Wildman–Crippen MR) is 116 cm³/mol. The van der Waals surface area contributed by atoms with Crippen molar-refractivity contribution >= 4 is 27.5 Å². The second kappa shape index (κ2) is 8.55. The second-order valence-corrected chi connectivity index (χ2v) is 8.70. The molecule has 2 aromatic carbocycles. The maximum Gasteiger partial charge on any atom is 0.227 e. The van der Waals surface area contributed by atoms with Crippen molar-refractivity contribution in [3.8, 4) is 11.4 Å². The van der Waals surface area contributed by atoms with E-state index in [1.807, 2.05) is 23.1 Å². The van der Waals surface area contributed by atoms with E-state index in [9.17, 15) is 9.18 Å².